The van der Waals surface area contributed by atoms with Crippen LogP contribution in [0.15, 0.2) is 36.4 Å². The van der Waals surface area contributed by atoms with Gasteiger partial charge in [0.1, 0.15) is 0 Å². The maximum atomic E-state index is 3.22. The predicted octanol–water partition coefficient (Wildman–Crippen LogP) is 3.68. The molecule has 0 saturated heterocycles. The second-order valence-corrected chi connectivity index (χ2v) is 4.54. The molecule has 0 aliphatic heterocycles. The third-order valence-electron chi connectivity index (χ3n) is 3.04. The van der Waals surface area contributed by atoms with E-state index in [2.05, 4.69) is 55.6 Å². The van der Waals surface area contributed by atoms with Crippen LogP contribution in [0.5, 0.6) is 0 Å². The van der Waals surface area contributed by atoms with Gasteiger partial charge in [-0.2, -0.15) is 0 Å². The fourth-order valence-corrected chi connectivity index (χ4v) is 2.25. The van der Waals surface area contributed by atoms with Gasteiger partial charge < -0.3 is 5.32 Å². The highest BCUT2D eigenvalue weighted by molar-refractivity contribution is 5.89. The van der Waals surface area contributed by atoms with Crippen LogP contribution in [0.4, 0.5) is 0 Å². The maximum absolute atomic E-state index is 3.22. The molecule has 0 aliphatic rings. The van der Waals surface area contributed by atoms with Gasteiger partial charge in [-0.3, -0.25) is 0 Å². The van der Waals surface area contributed by atoms with Gasteiger partial charge in [-0.25, -0.2) is 0 Å². The molecular weight excluding hydrogens is 194 g/mol. The van der Waals surface area contributed by atoms with Gasteiger partial charge in [0.2, 0.25) is 0 Å². The molecule has 1 nitrogen and oxygen atoms in total. The van der Waals surface area contributed by atoms with Crippen LogP contribution in [-0.4, -0.2) is 7.05 Å². The lowest BCUT2D eigenvalue weighted by Gasteiger charge is -2.12. The highest BCUT2D eigenvalue weighted by Gasteiger charge is 2.06. The zero-order chi connectivity index (χ0) is 11.5. The SMILES string of the molecule is CNCc1cccc2c(C(C)C)cccc12. The first kappa shape index (κ1) is 11.2. The molecule has 0 heterocycles. The molecule has 0 spiro atoms. The van der Waals surface area contributed by atoms with Gasteiger partial charge in [-0.1, -0.05) is 50.2 Å². The summed E-state index contributed by atoms with van der Waals surface area (Å²) in [6, 6.07) is 13.2. The van der Waals surface area contributed by atoms with Gasteiger partial charge in [-0.15, -0.1) is 0 Å². The van der Waals surface area contributed by atoms with Crippen molar-refractivity contribution >= 4 is 10.8 Å². The van der Waals surface area contributed by atoms with Crippen LogP contribution < -0.4 is 5.32 Å². The lowest BCUT2D eigenvalue weighted by molar-refractivity contribution is 0.823. The number of hydrogen-bond acceptors (Lipinski definition) is 1. The molecule has 2 aromatic rings. The number of benzene rings is 2. The Hall–Kier alpha value is -1.34. The Morgan fingerprint density at radius 2 is 1.69 bits per heavy atom. The quantitative estimate of drug-likeness (QED) is 0.820. The first-order valence-corrected chi connectivity index (χ1v) is 5.89. The Morgan fingerprint density at radius 3 is 2.38 bits per heavy atom. The normalized spacial score (nSPS) is 11.2. The van der Waals surface area contributed by atoms with Gasteiger partial charge in [0.15, 0.2) is 0 Å². The van der Waals surface area contributed by atoms with E-state index in [0.717, 1.165) is 6.54 Å². The second-order valence-electron chi connectivity index (χ2n) is 4.54. The lowest BCUT2D eigenvalue weighted by atomic mass is 9.94. The molecule has 0 bridgehead atoms. The minimum absolute atomic E-state index is 0.577. The van der Waals surface area contributed by atoms with Crippen LogP contribution in [-0.2, 0) is 6.54 Å². The van der Waals surface area contributed by atoms with Crippen molar-refractivity contribution in [2.24, 2.45) is 0 Å². The fraction of sp³-hybridized carbons (Fsp3) is 0.333. The average Bonchev–Trinajstić information content (AvgIpc) is 2.29. The molecule has 16 heavy (non-hydrogen) atoms. The first-order chi connectivity index (χ1) is 7.74. The van der Waals surface area contributed by atoms with Crippen LogP contribution in [0.1, 0.15) is 30.9 Å². The third kappa shape index (κ3) is 1.96. The second kappa shape index (κ2) is 4.67. The van der Waals surface area contributed by atoms with Crippen molar-refractivity contribution in [3.8, 4) is 0 Å². The molecule has 0 saturated carbocycles. The first-order valence-electron chi connectivity index (χ1n) is 5.89. The van der Waals surface area contributed by atoms with Crippen LogP contribution in [0.2, 0.25) is 0 Å². The summed E-state index contributed by atoms with van der Waals surface area (Å²) in [5, 5.41) is 6.00. The molecule has 0 unspecified atom stereocenters. The molecule has 0 atom stereocenters. The summed E-state index contributed by atoms with van der Waals surface area (Å²) in [5.41, 5.74) is 2.82. The van der Waals surface area contributed by atoms with E-state index >= 15 is 0 Å². The molecule has 0 aliphatic carbocycles. The molecule has 2 aromatic carbocycles. The predicted molar refractivity (Wildman–Crippen MR) is 70.8 cm³/mol. The molecule has 1 heteroatoms. The molecule has 0 radical (unpaired) electrons. The van der Waals surface area contributed by atoms with Crippen molar-refractivity contribution in [1.29, 1.82) is 0 Å². The zero-order valence-corrected chi connectivity index (χ0v) is 10.2. The molecule has 0 aromatic heterocycles. The number of rotatable bonds is 3. The van der Waals surface area contributed by atoms with Crippen molar-refractivity contribution in [2.75, 3.05) is 7.05 Å². The molecule has 84 valence electrons. The van der Waals surface area contributed by atoms with Crippen LogP contribution in [0, 0.1) is 0 Å². The van der Waals surface area contributed by atoms with E-state index in [-0.39, 0.29) is 0 Å². The number of fused-ring (bicyclic) bond motifs is 1. The van der Waals surface area contributed by atoms with Crippen molar-refractivity contribution in [1.82, 2.24) is 5.32 Å². The molecule has 0 amide bonds. The van der Waals surface area contributed by atoms with Crippen LogP contribution >= 0.6 is 0 Å². The Kier molecular flexibility index (Phi) is 3.25. The zero-order valence-electron chi connectivity index (χ0n) is 10.2. The molecule has 0 fully saturated rings. The number of hydrogen-bond donors (Lipinski definition) is 1. The van der Waals surface area contributed by atoms with Crippen molar-refractivity contribution in [3.05, 3.63) is 47.5 Å². The Bertz CT molecular complexity index is 486. The van der Waals surface area contributed by atoms with E-state index in [1.54, 1.807) is 0 Å². The number of nitrogens with one attached hydrogen (secondary N) is 1. The van der Waals surface area contributed by atoms with E-state index in [1.165, 1.54) is 21.9 Å². The molecule has 2 rings (SSSR count). The smallest absolute Gasteiger partial charge is 0.0208 e. The largest absolute Gasteiger partial charge is 0.316 e. The van der Waals surface area contributed by atoms with Crippen molar-refractivity contribution in [2.45, 2.75) is 26.3 Å². The summed E-state index contributed by atoms with van der Waals surface area (Å²) in [5.74, 6) is 0.577. The lowest BCUT2D eigenvalue weighted by Crippen LogP contribution is -2.05. The summed E-state index contributed by atoms with van der Waals surface area (Å²) in [7, 11) is 1.99. The summed E-state index contributed by atoms with van der Waals surface area (Å²) in [6.45, 7) is 5.43. The van der Waals surface area contributed by atoms with E-state index in [4.69, 9.17) is 0 Å². The fourth-order valence-electron chi connectivity index (χ4n) is 2.25. The average molecular weight is 213 g/mol. The Balaban J connectivity index is 2.66. The Morgan fingerprint density at radius 1 is 1.00 bits per heavy atom. The molecular formula is C15H19N. The van der Waals surface area contributed by atoms with Crippen molar-refractivity contribution in [3.63, 3.8) is 0 Å². The van der Waals surface area contributed by atoms with Gasteiger partial charge >= 0.3 is 0 Å². The topological polar surface area (TPSA) is 12.0 Å². The van der Waals surface area contributed by atoms with E-state index < -0.39 is 0 Å². The van der Waals surface area contributed by atoms with E-state index in [0.29, 0.717) is 5.92 Å². The highest BCUT2D eigenvalue weighted by Crippen LogP contribution is 2.27. The summed E-state index contributed by atoms with van der Waals surface area (Å²) >= 11 is 0. The van der Waals surface area contributed by atoms with Gasteiger partial charge in [0.05, 0.1) is 0 Å². The highest BCUT2D eigenvalue weighted by atomic mass is 14.8. The summed E-state index contributed by atoms with van der Waals surface area (Å²) < 4.78 is 0. The standard InChI is InChI=1S/C15H19N/c1-11(2)13-7-5-8-14-12(10-16-3)6-4-9-15(13)14/h4-9,11,16H,10H2,1-3H3. The minimum Gasteiger partial charge on any atom is -0.316 e. The van der Waals surface area contributed by atoms with Gasteiger partial charge in [0, 0.05) is 6.54 Å². The van der Waals surface area contributed by atoms with Crippen LogP contribution in [0.25, 0.3) is 10.8 Å². The van der Waals surface area contributed by atoms with Crippen molar-refractivity contribution < 1.29 is 0 Å². The van der Waals surface area contributed by atoms with E-state index in [1.807, 2.05) is 7.05 Å². The van der Waals surface area contributed by atoms with Gasteiger partial charge in [-0.05, 0) is 34.9 Å². The third-order valence-corrected chi connectivity index (χ3v) is 3.04. The Labute approximate surface area is 97.5 Å². The summed E-state index contributed by atoms with van der Waals surface area (Å²) in [4.78, 5) is 0. The maximum Gasteiger partial charge on any atom is 0.0208 e. The van der Waals surface area contributed by atoms with Gasteiger partial charge in [0.25, 0.3) is 0 Å². The summed E-state index contributed by atoms with van der Waals surface area (Å²) in [6.07, 6.45) is 0. The molecule has 1 N–H and O–H groups in total. The van der Waals surface area contributed by atoms with Crippen LogP contribution in [0.3, 0.4) is 0 Å². The van der Waals surface area contributed by atoms with E-state index in [9.17, 15) is 0 Å². The monoisotopic (exact) mass is 213 g/mol. The minimum atomic E-state index is 0.577.